The van der Waals surface area contributed by atoms with Gasteiger partial charge in [-0.2, -0.15) is 5.26 Å². The number of benzene rings is 2. The Morgan fingerprint density at radius 3 is 2.39 bits per heavy atom. The van der Waals surface area contributed by atoms with Crippen molar-refractivity contribution in [2.24, 2.45) is 0 Å². The van der Waals surface area contributed by atoms with Crippen molar-refractivity contribution in [3.05, 3.63) is 53.6 Å². The monoisotopic (exact) mass is 452 g/mol. The Kier molecular flexibility index (Phi) is 8.27. The molecule has 0 aliphatic carbocycles. The average Bonchev–Trinajstić information content (AvgIpc) is 2.87. The molecule has 33 heavy (non-hydrogen) atoms. The standard InChI is InChI=1S/C24H24N2O7/c1-29-19-5-3-4-6-20(19)32-16-23(27)33-21-8-7-17(14-22(21)30-2)13-18(15-25)24(28)26-9-11-31-12-10-26/h3-8,13-14H,9-12,16H2,1-2H3/b18-13+. The summed E-state index contributed by atoms with van der Waals surface area (Å²) in [6.45, 7) is 1.43. The molecule has 1 aliphatic heterocycles. The maximum atomic E-state index is 12.6. The molecule has 0 radical (unpaired) electrons. The minimum absolute atomic E-state index is 0.00564. The van der Waals surface area contributed by atoms with Crippen molar-refractivity contribution in [2.45, 2.75) is 0 Å². The zero-order valence-corrected chi connectivity index (χ0v) is 18.4. The molecule has 172 valence electrons. The lowest BCUT2D eigenvalue weighted by molar-refractivity contribution is -0.136. The molecular weight excluding hydrogens is 428 g/mol. The van der Waals surface area contributed by atoms with Crippen molar-refractivity contribution in [1.82, 2.24) is 4.90 Å². The molecule has 0 N–H and O–H groups in total. The number of ether oxygens (including phenoxy) is 5. The number of carbonyl (C=O) groups excluding carboxylic acids is 2. The van der Waals surface area contributed by atoms with Gasteiger partial charge in [-0.25, -0.2) is 4.79 Å². The Morgan fingerprint density at radius 1 is 1.03 bits per heavy atom. The molecule has 0 atom stereocenters. The number of para-hydroxylation sites is 2. The first-order chi connectivity index (χ1) is 16.0. The Balaban J connectivity index is 1.68. The predicted molar refractivity (Wildman–Crippen MR) is 118 cm³/mol. The molecule has 9 nitrogen and oxygen atoms in total. The number of methoxy groups -OCH3 is 2. The first-order valence-corrected chi connectivity index (χ1v) is 10.2. The summed E-state index contributed by atoms with van der Waals surface area (Å²) in [4.78, 5) is 26.4. The summed E-state index contributed by atoms with van der Waals surface area (Å²) in [5, 5.41) is 9.46. The number of nitriles is 1. The summed E-state index contributed by atoms with van der Waals surface area (Å²) < 4.78 is 26.6. The van der Waals surface area contributed by atoms with Crippen LogP contribution >= 0.6 is 0 Å². The molecule has 1 fully saturated rings. The SMILES string of the molecule is COc1ccccc1OCC(=O)Oc1ccc(/C=C(\C#N)C(=O)N2CCOCC2)cc1OC. The molecule has 0 bridgehead atoms. The highest BCUT2D eigenvalue weighted by Crippen LogP contribution is 2.30. The van der Waals surface area contributed by atoms with E-state index in [4.69, 9.17) is 23.7 Å². The third kappa shape index (κ3) is 6.24. The minimum Gasteiger partial charge on any atom is -0.493 e. The number of carbonyl (C=O) groups is 2. The van der Waals surface area contributed by atoms with Crippen LogP contribution < -0.4 is 18.9 Å². The second-order valence-electron chi connectivity index (χ2n) is 6.90. The van der Waals surface area contributed by atoms with Crippen molar-refractivity contribution < 1.29 is 33.3 Å². The predicted octanol–water partition coefficient (Wildman–Crippen LogP) is 2.45. The van der Waals surface area contributed by atoms with Crippen molar-refractivity contribution in [3.63, 3.8) is 0 Å². The molecule has 0 aromatic heterocycles. The molecule has 1 amide bonds. The third-order valence-corrected chi connectivity index (χ3v) is 4.79. The maximum absolute atomic E-state index is 12.6. The summed E-state index contributed by atoms with van der Waals surface area (Å²) in [7, 11) is 2.93. The number of nitrogens with zero attached hydrogens (tertiary/aromatic N) is 2. The maximum Gasteiger partial charge on any atom is 0.349 e. The van der Waals surface area contributed by atoms with Crippen molar-refractivity contribution in [2.75, 3.05) is 47.1 Å². The molecule has 0 spiro atoms. The normalized spacial score (nSPS) is 13.6. The zero-order valence-electron chi connectivity index (χ0n) is 18.4. The number of hydrogen-bond donors (Lipinski definition) is 0. The van der Waals surface area contributed by atoms with Gasteiger partial charge in [0.25, 0.3) is 5.91 Å². The molecule has 9 heteroatoms. The van der Waals surface area contributed by atoms with E-state index in [1.54, 1.807) is 41.3 Å². The summed E-state index contributed by atoms with van der Waals surface area (Å²) in [6.07, 6.45) is 1.47. The van der Waals surface area contributed by atoms with E-state index in [1.807, 2.05) is 6.07 Å². The smallest absolute Gasteiger partial charge is 0.349 e. The molecular formula is C24H24N2O7. The van der Waals surface area contributed by atoms with E-state index in [-0.39, 0.29) is 29.6 Å². The van der Waals surface area contributed by atoms with Gasteiger partial charge in [0, 0.05) is 13.1 Å². The lowest BCUT2D eigenvalue weighted by atomic mass is 10.1. The van der Waals surface area contributed by atoms with Crippen LogP contribution in [0.3, 0.4) is 0 Å². The third-order valence-electron chi connectivity index (χ3n) is 4.79. The highest BCUT2D eigenvalue weighted by molar-refractivity contribution is 6.01. The fourth-order valence-corrected chi connectivity index (χ4v) is 3.13. The van der Waals surface area contributed by atoms with E-state index in [2.05, 4.69) is 0 Å². The fraction of sp³-hybridized carbons (Fsp3) is 0.292. The lowest BCUT2D eigenvalue weighted by Gasteiger charge is -2.26. The Hall–Kier alpha value is -4.03. The van der Waals surface area contributed by atoms with Crippen LogP contribution in [0.25, 0.3) is 6.08 Å². The van der Waals surface area contributed by atoms with Crippen molar-refractivity contribution in [3.8, 4) is 29.1 Å². The van der Waals surface area contributed by atoms with E-state index in [9.17, 15) is 14.9 Å². The molecule has 1 aliphatic rings. The average molecular weight is 452 g/mol. The summed E-state index contributed by atoms with van der Waals surface area (Å²) >= 11 is 0. The van der Waals surface area contributed by atoms with Gasteiger partial charge in [-0.1, -0.05) is 18.2 Å². The summed E-state index contributed by atoms with van der Waals surface area (Å²) in [6, 6.07) is 13.6. The van der Waals surface area contributed by atoms with Crippen LogP contribution in [0.2, 0.25) is 0 Å². The minimum atomic E-state index is -0.636. The number of esters is 1. The topological polar surface area (TPSA) is 107 Å². The summed E-state index contributed by atoms with van der Waals surface area (Å²) in [5.41, 5.74) is 0.545. The van der Waals surface area contributed by atoms with Crippen LogP contribution in [-0.2, 0) is 14.3 Å². The number of amides is 1. The van der Waals surface area contributed by atoms with Gasteiger partial charge in [0.2, 0.25) is 0 Å². The molecule has 1 heterocycles. The van der Waals surface area contributed by atoms with Gasteiger partial charge < -0.3 is 28.6 Å². The Bertz CT molecular complexity index is 1070. The molecule has 1 saturated heterocycles. The fourth-order valence-electron chi connectivity index (χ4n) is 3.13. The van der Waals surface area contributed by atoms with Gasteiger partial charge in [-0.05, 0) is 35.9 Å². The van der Waals surface area contributed by atoms with Crippen molar-refractivity contribution >= 4 is 18.0 Å². The largest absolute Gasteiger partial charge is 0.493 e. The summed E-state index contributed by atoms with van der Waals surface area (Å²) in [5.74, 6) is 0.371. The van der Waals surface area contributed by atoms with Crippen LogP contribution in [0.5, 0.6) is 23.0 Å². The first-order valence-electron chi connectivity index (χ1n) is 10.2. The van der Waals surface area contributed by atoms with E-state index in [0.29, 0.717) is 43.4 Å². The Labute approximate surface area is 191 Å². The quantitative estimate of drug-likeness (QED) is 0.260. The second kappa shape index (κ2) is 11.5. The highest BCUT2D eigenvalue weighted by atomic mass is 16.6. The lowest BCUT2D eigenvalue weighted by Crippen LogP contribution is -2.41. The van der Waals surface area contributed by atoms with E-state index in [0.717, 1.165) is 0 Å². The first kappa shape index (κ1) is 23.6. The van der Waals surface area contributed by atoms with E-state index >= 15 is 0 Å². The molecule has 2 aromatic carbocycles. The van der Waals surface area contributed by atoms with Gasteiger partial charge in [0.1, 0.15) is 11.6 Å². The molecule has 3 rings (SSSR count). The number of rotatable bonds is 8. The van der Waals surface area contributed by atoms with Crippen LogP contribution in [0.15, 0.2) is 48.0 Å². The molecule has 0 unspecified atom stereocenters. The van der Waals surface area contributed by atoms with Gasteiger partial charge in [-0.15, -0.1) is 0 Å². The zero-order chi connectivity index (χ0) is 23.6. The van der Waals surface area contributed by atoms with Gasteiger partial charge in [0.05, 0.1) is 27.4 Å². The van der Waals surface area contributed by atoms with Crippen molar-refractivity contribution in [1.29, 1.82) is 5.26 Å². The van der Waals surface area contributed by atoms with Crippen LogP contribution in [-0.4, -0.2) is 63.9 Å². The molecule has 2 aromatic rings. The molecule has 0 saturated carbocycles. The number of morpholine rings is 1. The van der Waals surface area contributed by atoms with Crippen LogP contribution in [0, 0.1) is 11.3 Å². The number of hydrogen-bond acceptors (Lipinski definition) is 8. The second-order valence-corrected chi connectivity index (χ2v) is 6.90. The Morgan fingerprint density at radius 2 is 1.73 bits per heavy atom. The van der Waals surface area contributed by atoms with E-state index in [1.165, 1.54) is 26.4 Å². The van der Waals surface area contributed by atoms with Crippen LogP contribution in [0.1, 0.15) is 5.56 Å². The van der Waals surface area contributed by atoms with Gasteiger partial charge in [-0.3, -0.25) is 4.79 Å². The highest BCUT2D eigenvalue weighted by Gasteiger charge is 2.21. The van der Waals surface area contributed by atoms with Crippen LogP contribution in [0.4, 0.5) is 0 Å². The van der Waals surface area contributed by atoms with Gasteiger partial charge >= 0.3 is 5.97 Å². The van der Waals surface area contributed by atoms with Gasteiger partial charge in [0.15, 0.2) is 29.6 Å². The van der Waals surface area contributed by atoms with E-state index < -0.39 is 5.97 Å².